The number of carbonyl (C=O) groups is 2. The number of primary amides is 1. The number of esters is 1. The Labute approximate surface area is 141 Å². The zero-order valence-corrected chi connectivity index (χ0v) is 14.8. The van der Waals surface area contributed by atoms with Crippen LogP contribution in [-0.4, -0.2) is 75.5 Å². The molecule has 5 atom stereocenters. The van der Waals surface area contributed by atoms with Gasteiger partial charge in [-0.15, -0.1) is 0 Å². The van der Waals surface area contributed by atoms with Crippen LogP contribution in [0.25, 0.3) is 0 Å². The van der Waals surface area contributed by atoms with Crippen molar-refractivity contribution in [3.8, 4) is 0 Å². The van der Waals surface area contributed by atoms with Gasteiger partial charge in [-0.3, -0.25) is 0 Å². The topological polar surface area (TPSA) is 190 Å². The first kappa shape index (κ1) is 19.2. The molecule has 134 valence electrons. The normalized spacial score (nSPS) is 28.5. The third-order valence-corrected chi connectivity index (χ3v) is 6.12. The second kappa shape index (κ2) is 7.03. The summed E-state index contributed by atoms with van der Waals surface area (Å²) >= 11 is -0.505. The quantitative estimate of drug-likeness (QED) is 0.190. The second-order valence-electron chi connectivity index (χ2n) is 5.02. The summed E-state index contributed by atoms with van der Waals surface area (Å²) in [6.45, 7) is 1.07. The van der Waals surface area contributed by atoms with E-state index in [9.17, 15) is 24.4 Å². The van der Waals surface area contributed by atoms with E-state index in [-0.39, 0.29) is 10.3 Å². The molecule has 0 radical (unpaired) electrons. The van der Waals surface area contributed by atoms with Gasteiger partial charge in [0.15, 0.2) is 0 Å². The van der Waals surface area contributed by atoms with Crippen molar-refractivity contribution in [1.82, 2.24) is 4.98 Å². The van der Waals surface area contributed by atoms with Crippen molar-refractivity contribution in [2.45, 2.75) is 37.2 Å². The molecule has 1 fully saturated rings. The molecule has 1 aromatic rings. The number of aliphatic hydroxyl groups is 2. The summed E-state index contributed by atoms with van der Waals surface area (Å²) in [5, 5.41) is 19.9. The Morgan fingerprint density at radius 2 is 2.12 bits per heavy atom. The fourth-order valence-electron chi connectivity index (χ4n) is 2.18. The summed E-state index contributed by atoms with van der Waals surface area (Å²) in [6.07, 6.45) is -5.90. The molecule has 0 spiro atoms. The van der Waals surface area contributed by atoms with Crippen molar-refractivity contribution >= 4 is 34.0 Å². The van der Waals surface area contributed by atoms with Crippen LogP contribution < -0.4 is 5.73 Å². The van der Waals surface area contributed by atoms with Gasteiger partial charge in [-0.25, -0.2) is 0 Å². The van der Waals surface area contributed by atoms with Crippen LogP contribution in [0, 0.1) is 0 Å². The molecular formula is C11H15N2O9PSe. The summed E-state index contributed by atoms with van der Waals surface area (Å²) in [5.41, 5.74) is 5.09. The first-order valence-electron chi connectivity index (χ1n) is 6.51. The molecule has 0 bridgehead atoms. The van der Waals surface area contributed by atoms with Crippen molar-refractivity contribution in [3.63, 3.8) is 0 Å². The van der Waals surface area contributed by atoms with Gasteiger partial charge in [-0.2, -0.15) is 0 Å². The average molecular weight is 429 g/mol. The third-order valence-electron chi connectivity index (χ3n) is 3.23. The summed E-state index contributed by atoms with van der Waals surface area (Å²) in [5.74, 6) is -3.86. The molecule has 1 aromatic heterocycles. The number of rotatable bonds is 5. The first-order valence-corrected chi connectivity index (χ1v) is 10.0. The number of aliphatic hydroxyl groups excluding tert-OH is 2. The number of amides is 1. The number of hydrogen-bond acceptors (Lipinski definition) is 8. The van der Waals surface area contributed by atoms with Crippen LogP contribution in [0.4, 0.5) is 0 Å². The SMILES string of the molecule is CC(=O)O[C@@H]1[C@H](O)[C@@H](C(O)P(=O)(O)O)O[C@H]1c1nc(C(N)=O)c[se]1. The molecule has 1 aliphatic rings. The number of ether oxygens (including phenoxy) is 2. The third kappa shape index (κ3) is 3.93. The van der Waals surface area contributed by atoms with E-state index in [1.165, 1.54) is 4.94 Å². The fourth-order valence-corrected chi connectivity index (χ4v) is 4.65. The molecular weight excluding hydrogens is 414 g/mol. The first-order chi connectivity index (χ1) is 11.0. The van der Waals surface area contributed by atoms with E-state index in [2.05, 4.69) is 4.98 Å². The number of nitrogens with two attached hydrogens (primary N) is 1. The maximum absolute atomic E-state index is 11.2. The van der Waals surface area contributed by atoms with Crippen molar-refractivity contribution in [2.75, 3.05) is 0 Å². The number of carbonyl (C=O) groups excluding carboxylic acids is 2. The van der Waals surface area contributed by atoms with Crippen molar-refractivity contribution < 1.29 is 43.6 Å². The Hall–Kier alpha value is -1.10. The molecule has 1 amide bonds. The van der Waals surface area contributed by atoms with Gasteiger partial charge in [0.1, 0.15) is 0 Å². The molecule has 1 unspecified atom stereocenters. The molecule has 24 heavy (non-hydrogen) atoms. The van der Waals surface area contributed by atoms with E-state index >= 15 is 0 Å². The van der Waals surface area contributed by atoms with E-state index in [0.717, 1.165) is 6.92 Å². The van der Waals surface area contributed by atoms with Gasteiger partial charge < -0.3 is 0 Å². The Bertz CT molecular complexity index is 689. The van der Waals surface area contributed by atoms with Crippen LogP contribution in [0.5, 0.6) is 0 Å². The van der Waals surface area contributed by atoms with Crippen LogP contribution in [0.2, 0.25) is 0 Å². The van der Waals surface area contributed by atoms with Crippen molar-refractivity contribution in [3.05, 3.63) is 15.2 Å². The Balaban J connectivity index is 2.34. The molecule has 6 N–H and O–H groups in total. The Kier molecular flexibility index (Phi) is 5.63. The van der Waals surface area contributed by atoms with Crippen molar-refractivity contribution in [1.29, 1.82) is 0 Å². The van der Waals surface area contributed by atoms with Gasteiger partial charge in [0.2, 0.25) is 0 Å². The molecule has 1 aliphatic heterocycles. The van der Waals surface area contributed by atoms with Crippen LogP contribution >= 0.6 is 7.60 Å². The monoisotopic (exact) mass is 430 g/mol. The second-order valence-corrected chi connectivity index (χ2v) is 8.60. The van der Waals surface area contributed by atoms with Gasteiger partial charge in [0.25, 0.3) is 0 Å². The van der Waals surface area contributed by atoms with Crippen LogP contribution in [0.15, 0.2) is 4.94 Å². The molecule has 2 heterocycles. The number of aromatic nitrogens is 1. The van der Waals surface area contributed by atoms with E-state index in [1.807, 2.05) is 0 Å². The predicted octanol–water partition coefficient (Wildman–Crippen LogP) is -2.53. The zero-order valence-electron chi connectivity index (χ0n) is 12.2. The van der Waals surface area contributed by atoms with Crippen LogP contribution in [0.3, 0.4) is 0 Å². The summed E-state index contributed by atoms with van der Waals surface area (Å²) in [4.78, 5) is 45.9. The summed E-state index contributed by atoms with van der Waals surface area (Å²) < 4.78 is 21.7. The molecule has 0 aromatic carbocycles. The Morgan fingerprint density at radius 1 is 1.50 bits per heavy atom. The number of hydrogen-bond donors (Lipinski definition) is 5. The van der Waals surface area contributed by atoms with Gasteiger partial charge in [-0.1, -0.05) is 0 Å². The zero-order chi connectivity index (χ0) is 18.2. The van der Waals surface area contributed by atoms with Crippen LogP contribution in [0.1, 0.15) is 28.1 Å². The van der Waals surface area contributed by atoms with E-state index in [0.29, 0.717) is 0 Å². The average Bonchev–Trinajstić information content (AvgIpc) is 3.03. The van der Waals surface area contributed by atoms with E-state index in [4.69, 9.17) is 25.0 Å². The van der Waals surface area contributed by atoms with Gasteiger partial charge in [-0.05, 0) is 0 Å². The fraction of sp³-hybridized carbons (Fsp3) is 0.545. The Morgan fingerprint density at radius 3 is 2.58 bits per heavy atom. The van der Waals surface area contributed by atoms with Crippen molar-refractivity contribution in [2.24, 2.45) is 5.73 Å². The molecule has 0 saturated carbocycles. The minimum atomic E-state index is -4.98. The standard InChI is InChI=1S/C11H15N2O9PSe/c1-3(14)21-6-5(15)7(11(17)23(18,19)20)22-8(6)10-13-4(2-24-10)9(12)16/h2,5-8,11,15,17H,1H3,(H2,12,16)(H2,18,19,20)/t5-,6+,7-,8+,11?/m0/s1. The van der Waals surface area contributed by atoms with E-state index in [1.54, 1.807) is 0 Å². The minimum absolute atomic E-state index is 0.0244. The molecule has 13 heteroatoms. The molecule has 11 nitrogen and oxygen atoms in total. The predicted molar refractivity (Wildman–Crippen MR) is 76.9 cm³/mol. The number of nitrogens with zero attached hydrogens (tertiary/aromatic N) is 1. The summed E-state index contributed by atoms with van der Waals surface area (Å²) in [7, 11) is -4.98. The van der Waals surface area contributed by atoms with E-state index < -0.39 is 64.2 Å². The van der Waals surface area contributed by atoms with Gasteiger partial charge in [0.05, 0.1) is 0 Å². The van der Waals surface area contributed by atoms with Gasteiger partial charge >= 0.3 is 141 Å². The van der Waals surface area contributed by atoms with Crippen LogP contribution in [-0.2, 0) is 18.8 Å². The molecule has 0 aliphatic carbocycles. The summed E-state index contributed by atoms with van der Waals surface area (Å²) in [6, 6.07) is 0. The molecule has 2 rings (SSSR count). The molecule has 1 saturated heterocycles. The van der Waals surface area contributed by atoms with Gasteiger partial charge in [0, 0.05) is 0 Å². The maximum atomic E-state index is 11.2.